The highest BCUT2D eigenvalue weighted by Gasteiger charge is 2.15. The van der Waals surface area contributed by atoms with Crippen molar-refractivity contribution in [3.63, 3.8) is 0 Å². The molecule has 3 nitrogen and oxygen atoms in total. The molecule has 0 spiro atoms. The molecule has 2 heterocycles. The van der Waals surface area contributed by atoms with Gasteiger partial charge in [0.05, 0.1) is 0 Å². The summed E-state index contributed by atoms with van der Waals surface area (Å²) in [6.07, 6.45) is 0. The Kier molecular flexibility index (Phi) is 3.77. The molecule has 2 aromatic rings. The van der Waals surface area contributed by atoms with Crippen molar-refractivity contribution in [2.75, 3.05) is 6.79 Å². The standard InChI is InChI=1S/C14H14BrNO2S/c1-9(16-6-12-5-11(15)7-19-12)10-2-3-13-14(4-10)18-8-17-13/h2-5,7,9,16H,6,8H2,1H3. The fraction of sp³-hybridized carbons (Fsp3) is 0.286. The average molecular weight is 340 g/mol. The summed E-state index contributed by atoms with van der Waals surface area (Å²) in [6.45, 7) is 3.34. The molecule has 3 rings (SSSR count). The van der Waals surface area contributed by atoms with Gasteiger partial charge >= 0.3 is 0 Å². The summed E-state index contributed by atoms with van der Waals surface area (Å²) in [7, 11) is 0. The fourth-order valence-corrected chi connectivity index (χ4v) is 3.40. The first-order chi connectivity index (χ1) is 9.22. The lowest BCUT2D eigenvalue weighted by Gasteiger charge is -2.14. The second-order valence-electron chi connectivity index (χ2n) is 4.45. The van der Waals surface area contributed by atoms with Gasteiger partial charge in [0.2, 0.25) is 6.79 Å². The summed E-state index contributed by atoms with van der Waals surface area (Å²) in [6, 6.07) is 8.51. The third-order valence-electron chi connectivity index (χ3n) is 3.10. The molecule has 0 aliphatic carbocycles. The molecule has 1 aliphatic heterocycles. The third-order valence-corrected chi connectivity index (χ3v) is 4.80. The van der Waals surface area contributed by atoms with Gasteiger partial charge in [0.25, 0.3) is 0 Å². The van der Waals surface area contributed by atoms with Crippen LogP contribution in [-0.2, 0) is 6.54 Å². The van der Waals surface area contributed by atoms with Crippen LogP contribution in [0.5, 0.6) is 11.5 Å². The highest BCUT2D eigenvalue weighted by molar-refractivity contribution is 9.10. The van der Waals surface area contributed by atoms with E-state index in [1.165, 1.54) is 10.4 Å². The number of fused-ring (bicyclic) bond motifs is 1. The minimum atomic E-state index is 0.273. The largest absolute Gasteiger partial charge is 0.454 e. The van der Waals surface area contributed by atoms with Crippen molar-refractivity contribution in [3.05, 3.63) is 44.6 Å². The molecular weight excluding hydrogens is 326 g/mol. The van der Waals surface area contributed by atoms with Crippen LogP contribution in [0.4, 0.5) is 0 Å². The van der Waals surface area contributed by atoms with Crippen LogP contribution < -0.4 is 14.8 Å². The van der Waals surface area contributed by atoms with Gasteiger partial charge in [0, 0.05) is 27.3 Å². The number of hydrogen-bond acceptors (Lipinski definition) is 4. The van der Waals surface area contributed by atoms with E-state index < -0.39 is 0 Å². The van der Waals surface area contributed by atoms with Gasteiger partial charge in [-0.25, -0.2) is 0 Å². The van der Waals surface area contributed by atoms with E-state index in [1.807, 2.05) is 12.1 Å². The van der Waals surface area contributed by atoms with Crippen molar-refractivity contribution in [1.82, 2.24) is 5.32 Å². The number of nitrogens with one attached hydrogen (secondary N) is 1. The molecule has 19 heavy (non-hydrogen) atoms. The van der Waals surface area contributed by atoms with Crippen LogP contribution in [0, 0.1) is 0 Å². The Morgan fingerprint density at radius 2 is 2.16 bits per heavy atom. The van der Waals surface area contributed by atoms with E-state index in [0.29, 0.717) is 6.79 Å². The SMILES string of the molecule is CC(NCc1cc(Br)cs1)c1ccc2c(c1)OCO2. The van der Waals surface area contributed by atoms with Gasteiger partial charge < -0.3 is 14.8 Å². The summed E-state index contributed by atoms with van der Waals surface area (Å²) >= 11 is 5.22. The molecule has 0 amide bonds. The van der Waals surface area contributed by atoms with Crippen molar-refractivity contribution < 1.29 is 9.47 Å². The quantitative estimate of drug-likeness (QED) is 0.909. The maximum absolute atomic E-state index is 5.40. The maximum Gasteiger partial charge on any atom is 0.231 e. The summed E-state index contributed by atoms with van der Waals surface area (Å²) in [5, 5.41) is 5.61. The lowest BCUT2D eigenvalue weighted by Crippen LogP contribution is -2.17. The van der Waals surface area contributed by atoms with Gasteiger partial charge in [-0.3, -0.25) is 0 Å². The molecule has 0 bridgehead atoms. The van der Waals surface area contributed by atoms with Crippen LogP contribution >= 0.6 is 27.3 Å². The van der Waals surface area contributed by atoms with Gasteiger partial charge in [-0.15, -0.1) is 11.3 Å². The number of benzene rings is 1. The Morgan fingerprint density at radius 1 is 1.32 bits per heavy atom. The number of hydrogen-bond donors (Lipinski definition) is 1. The van der Waals surface area contributed by atoms with Crippen LogP contribution in [0.3, 0.4) is 0 Å². The number of halogens is 1. The Balaban J connectivity index is 1.65. The normalized spacial score (nSPS) is 14.6. The van der Waals surface area contributed by atoms with Crippen molar-refractivity contribution >= 4 is 27.3 Å². The zero-order valence-corrected chi connectivity index (χ0v) is 12.9. The van der Waals surface area contributed by atoms with Gasteiger partial charge in [-0.2, -0.15) is 0 Å². The third kappa shape index (κ3) is 2.94. The van der Waals surface area contributed by atoms with Crippen LogP contribution in [0.25, 0.3) is 0 Å². The second-order valence-corrected chi connectivity index (χ2v) is 6.36. The lowest BCUT2D eigenvalue weighted by molar-refractivity contribution is 0.174. The molecule has 0 radical (unpaired) electrons. The topological polar surface area (TPSA) is 30.5 Å². The lowest BCUT2D eigenvalue weighted by atomic mass is 10.1. The highest BCUT2D eigenvalue weighted by atomic mass is 79.9. The van der Waals surface area contributed by atoms with Gasteiger partial charge in [0.15, 0.2) is 11.5 Å². The Labute approximate surface area is 124 Å². The van der Waals surface area contributed by atoms with Crippen LogP contribution in [0.15, 0.2) is 34.1 Å². The molecule has 100 valence electrons. The molecule has 1 N–H and O–H groups in total. The molecule has 1 unspecified atom stereocenters. The Morgan fingerprint density at radius 3 is 2.95 bits per heavy atom. The van der Waals surface area contributed by atoms with Crippen LogP contribution in [0.1, 0.15) is 23.4 Å². The zero-order chi connectivity index (χ0) is 13.2. The number of thiophene rings is 1. The second kappa shape index (κ2) is 5.53. The monoisotopic (exact) mass is 339 g/mol. The van der Waals surface area contributed by atoms with Gasteiger partial charge in [-0.1, -0.05) is 6.07 Å². The smallest absolute Gasteiger partial charge is 0.231 e. The molecule has 0 saturated heterocycles. The molecule has 5 heteroatoms. The summed E-state index contributed by atoms with van der Waals surface area (Å²) in [4.78, 5) is 1.32. The minimum Gasteiger partial charge on any atom is -0.454 e. The predicted octanol–water partition coefficient (Wildman–Crippen LogP) is 4.09. The van der Waals surface area contributed by atoms with Crippen molar-refractivity contribution in [1.29, 1.82) is 0 Å². The first kappa shape index (κ1) is 13.0. The Bertz CT molecular complexity index is 585. The summed E-state index contributed by atoms with van der Waals surface area (Å²) < 4.78 is 11.9. The first-order valence-electron chi connectivity index (χ1n) is 6.08. The zero-order valence-electron chi connectivity index (χ0n) is 10.5. The Hall–Kier alpha value is -1.04. The summed E-state index contributed by atoms with van der Waals surface area (Å²) in [5.41, 5.74) is 1.21. The van der Waals surface area contributed by atoms with Crippen LogP contribution in [-0.4, -0.2) is 6.79 Å². The molecule has 0 saturated carbocycles. The molecule has 1 aromatic heterocycles. The van der Waals surface area contributed by atoms with E-state index in [0.717, 1.165) is 22.5 Å². The fourth-order valence-electron chi connectivity index (χ4n) is 2.00. The van der Waals surface area contributed by atoms with E-state index >= 15 is 0 Å². The number of ether oxygens (including phenoxy) is 2. The van der Waals surface area contributed by atoms with E-state index in [9.17, 15) is 0 Å². The molecule has 1 aromatic carbocycles. The number of rotatable bonds is 4. The van der Waals surface area contributed by atoms with E-state index in [4.69, 9.17) is 9.47 Å². The van der Waals surface area contributed by atoms with Crippen molar-refractivity contribution in [3.8, 4) is 11.5 Å². The van der Waals surface area contributed by atoms with Crippen molar-refractivity contribution in [2.45, 2.75) is 19.5 Å². The maximum atomic E-state index is 5.40. The molecular formula is C14H14BrNO2S. The minimum absolute atomic E-state index is 0.273. The van der Waals surface area contributed by atoms with Crippen LogP contribution in [0.2, 0.25) is 0 Å². The summed E-state index contributed by atoms with van der Waals surface area (Å²) in [5.74, 6) is 1.67. The molecule has 1 atom stereocenters. The predicted molar refractivity (Wildman–Crippen MR) is 79.8 cm³/mol. The highest BCUT2D eigenvalue weighted by Crippen LogP contribution is 2.34. The first-order valence-corrected chi connectivity index (χ1v) is 7.75. The average Bonchev–Trinajstić information content (AvgIpc) is 3.03. The molecule has 1 aliphatic rings. The van der Waals surface area contributed by atoms with E-state index in [2.05, 4.69) is 45.7 Å². The van der Waals surface area contributed by atoms with E-state index in [-0.39, 0.29) is 6.04 Å². The molecule has 0 fully saturated rings. The van der Waals surface area contributed by atoms with Gasteiger partial charge in [0.1, 0.15) is 0 Å². The van der Waals surface area contributed by atoms with E-state index in [1.54, 1.807) is 11.3 Å². The van der Waals surface area contributed by atoms with Gasteiger partial charge in [-0.05, 0) is 46.6 Å². The van der Waals surface area contributed by atoms with Crippen molar-refractivity contribution in [2.24, 2.45) is 0 Å².